The molecule has 43 valence electrons. The normalized spacial score (nSPS) is 28.0. The summed E-state index contributed by atoms with van der Waals surface area (Å²) in [6, 6.07) is 0. The molecule has 0 nitrogen and oxygen atoms in total. The van der Waals surface area contributed by atoms with Gasteiger partial charge in [0.1, 0.15) is 0 Å². The van der Waals surface area contributed by atoms with Crippen LogP contribution in [-0.2, 0) is 0 Å². The van der Waals surface area contributed by atoms with Crippen LogP contribution in [0.2, 0.25) is 0 Å². The Hall–Kier alpha value is -0.520. The van der Waals surface area contributed by atoms with Gasteiger partial charge in [0.2, 0.25) is 0 Å². The molecule has 0 spiro atoms. The molecule has 0 unspecified atom stereocenters. The average Bonchev–Trinajstić information content (AvgIpc) is 1.62. The quantitative estimate of drug-likeness (QED) is 0.417. The Morgan fingerprint density at radius 3 is 1.75 bits per heavy atom. The van der Waals surface area contributed by atoms with Gasteiger partial charge in [-0.25, -0.2) is 0 Å². The van der Waals surface area contributed by atoms with E-state index in [0.29, 0.717) is 0 Å². The summed E-state index contributed by atoms with van der Waals surface area (Å²) >= 11 is 0. The minimum Gasteiger partial charge on any atom is -0.0879 e. The monoisotopic (exact) mass is 107 g/mol. The fourth-order valence-electron chi connectivity index (χ4n) is 0.752. The first-order chi connectivity index (χ1) is 4.00. The van der Waals surface area contributed by atoms with Gasteiger partial charge in [-0.15, -0.1) is 0 Å². The van der Waals surface area contributed by atoms with Crippen molar-refractivity contribution in [1.29, 1.82) is 0 Å². The minimum absolute atomic E-state index is 1.12. The van der Waals surface area contributed by atoms with Crippen molar-refractivity contribution >= 4 is 0 Å². The summed E-state index contributed by atoms with van der Waals surface area (Å²) in [5, 5.41) is 0. The highest BCUT2D eigenvalue weighted by atomic mass is 13.9. The highest BCUT2D eigenvalue weighted by Gasteiger charge is 1.83. The summed E-state index contributed by atoms with van der Waals surface area (Å²) in [5.41, 5.74) is 0. The van der Waals surface area contributed by atoms with Crippen LogP contribution >= 0.6 is 0 Å². The van der Waals surface area contributed by atoms with E-state index in [9.17, 15) is 0 Å². The van der Waals surface area contributed by atoms with Crippen molar-refractivity contribution in [2.75, 3.05) is 0 Å². The van der Waals surface area contributed by atoms with Crippen molar-refractivity contribution in [3.63, 3.8) is 0 Å². The molecule has 0 aromatic carbocycles. The highest BCUT2D eigenvalue weighted by molar-refractivity contribution is 5.00. The minimum atomic E-state index is 1.12. The van der Waals surface area contributed by atoms with Crippen molar-refractivity contribution in [2.45, 2.75) is 19.3 Å². The van der Waals surface area contributed by atoms with Gasteiger partial charge in [0.05, 0.1) is 0 Å². The average molecular weight is 107 g/mol. The molecule has 0 amide bonds. The first kappa shape index (κ1) is 5.61. The SMILES string of the molecule is [CH]1C/C=C\C/C=C\C1. The maximum atomic E-state index is 2.27. The van der Waals surface area contributed by atoms with E-state index in [4.69, 9.17) is 0 Å². The molecule has 0 heteroatoms. The first-order valence-electron chi connectivity index (χ1n) is 3.12. The summed E-state index contributed by atoms with van der Waals surface area (Å²) < 4.78 is 0. The summed E-state index contributed by atoms with van der Waals surface area (Å²) in [6.07, 6.45) is 14.5. The fraction of sp³-hybridized carbons (Fsp3) is 0.375. The molecular weight excluding hydrogens is 96.1 g/mol. The Morgan fingerprint density at radius 1 is 0.625 bits per heavy atom. The standard InChI is InChI=1S/C8H11/c1-2-4-6-8-7-5-3-1/h1-2,5-7H,3-4,8H2/b2-1-,7-5-. The van der Waals surface area contributed by atoms with Gasteiger partial charge in [-0.2, -0.15) is 0 Å². The van der Waals surface area contributed by atoms with Gasteiger partial charge in [0.15, 0.2) is 0 Å². The molecule has 0 saturated heterocycles. The zero-order valence-corrected chi connectivity index (χ0v) is 5.01. The largest absolute Gasteiger partial charge is 0.0879 e. The van der Waals surface area contributed by atoms with Crippen LogP contribution in [0.5, 0.6) is 0 Å². The van der Waals surface area contributed by atoms with Gasteiger partial charge >= 0.3 is 0 Å². The Morgan fingerprint density at radius 2 is 1.12 bits per heavy atom. The molecule has 1 aliphatic carbocycles. The third-order valence-corrected chi connectivity index (χ3v) is 1.21. The lowest BCUT2D eigenvalue weighted by molar-refractivity contribution is 1.07. The van der Waals surface area contributed by atoms with Gasteiger partial charge in [0.25, 0.3) is 0 Å². The van der Waals surface area contributed by atoms with Crippen LogP contribution in [0.15, 0.2) is 24.3 Å². The van der Waals surface area contributed by atoms with E-state index >= 15 is 0 Å². The summed E-state index contributed by atoms with van der Waals surface area (Å²) in [5.74, 6) is 0. The van der Waals surface area contributed by atoms with E-state index in [-0.39, 0.29) is 0 Å². The maximum absolute atomic E-state index is 2.27. The first-order valence-corrected chi connectivity index (χ1v) is 3.12. The molecular formula is C8H11. The second kappa shape index (κ2) is 3.48. The van der Waals surface area contributed by atoms with Crippen LogP contribution in [-0.4, -0.2) is 0 Å². The molecule has 0 atom stereocenters. The van der Waals surface area contributed by atoms with E-state index in [1.807, 2.05) is 0 Å². The molecule has 0 aromatic heterocycles. The van der Waals surface area contributed by atoms with Crippen molar-refractivity contribution in [2.24, 2.45) is 0 Å². The van der Waals surface area contributed by atoms with Gasteiger partial charge in [-0.3, -0.25) is 0 Å². The van der Waals surface area contributed by atoms with E-state index < -0.39 is 0 Å². The van der Waals surface area contributed by atoms with E-state index in [1.54, 1.807) is 0 Å². The van der Waals surface area contributed by atoms with Gasteiger partial charge < -0.3 is 0 Å². The summed E-state index contributed by atoms with van der Waals surface area (Å²) in [4.78, 5) is 0. The molecule has 8 heavy (non-hydrogen) atoms. The number of hydrogen-bond donors (Lipinski definition) is 0. The summed E-state index contributed by atoms with van der Waals surface area (Å²) in [7, 11) is 0. The Kier molecular flexibility index (Phi) is 2.44. The van der Waals surface area contributed by atoms with Crippen molar-refractivity contribution in [3.8, 4) is 0 Å². The van der Waals surface area contributed by atoms with Crippen molar-refractivity contribution < 1.29 is 0 Å². The van der Waals surface area contributed by atoms with Gasteiger partial charge in [-0.05, 0) is 25.7 Å². The molecule has 0 fully saturated rings. The third-order valence-electron chi connectivity index (χ3n) is 1.21. The predicted molar refractivity (Wildman–Crippen MR) is 36.4 cm³/mol. The molecule has 1 aliphatic rings. The second-order valence-corrected chi connectivity index (χ2v) is 1.94. The van der Waals surface area contributed by atoms with Gasteiger partial charge in [0, 0.05) is 0 Å². The lowest BCUT2D eigenvalue weighted by atomic mass is 10.1. The molecule has 0 bridgehead atoms. The second-order valence-electron chi connectivity index (χ2n) is 1.94. The van der Waals surface area contributed by atoms with Crippen LogP contribution in [0.3, 0.4) is 0 Å². The molecule has 0 aliphatic heterocycles. The Bertz CT molecular complexity index is 86.6. The van der Waals surface area contributed by atoms with E-state index in [2.05, 4.69) is 30.7 Å². The van der Waals surface area contributed by atoms with Crippen LogP contribution in [0.1, 0.15) is 19.3 Å². The lowest BCUT2D eigenvalue weighted by Crippen LogP contribution is -1.73. The maximum Gasteiger partial charge on any atom is -0.0169 e. The lowest BCUT2D eigenvalue weighted by Gasteiger charge is -1.92. The summed E-state index contributed by atoms with van der Waals surface area (Å²) in [6.45, 7) is 0. The van der Waals surface area contributed by atoms with Crippen LogP contribution in [0.25, 0.3) is 0 Å². The number of allylic oxidation sites excluding steroid dienone is 4. The van der Waals surface area contributed by atoms with Crippen LogP contribution in [0.4, 0.5) is 0 Å². The Labute approximate surface area is 50.9 Å². The van der Waals surface area contributed by atoms with Crippen LogP contribution in [0, 0.1) is 6.42 Å². The molecule has 0 aromatic rings. The van der Waals surface area contributed by atoms with Crippen molar-refractivity contribution in [3.05, 3.63) is 30.7 Å². The number of hydrogen-bond acceptors (Lipinski definition) is 0. The van der Waals surface area contributed by atoms with Crippen molar-refractivity contribution in [1.82, 2.24) is 0 Å². The zero-order chi connectivity index (χ0) is 5.66. The Balaban J connectivity index is 2.31. The topological polar surface area (TPSA) is 0 Å². The molecule has 0 N–H and O–H groups in total. The molecule has 0 heterocycles. The third kappa shape index (κ3) is 1.97. The smallest absolute Gasteiger partial charge is 0.0169 e. The van der Waals surface area contributed by atoms with Gasteiger partial charge in [-0.1, -0.05) is 24.3 Å². The van der Waals surface area contributed by atoms with E-state index in [1.165, 1.54) is 0 Å². The highest BCUT2D eigenvalue weighted by Crippen LogP contribution is 2.01. The van der Waals surface area contributed by atoms with E-state index in [0.717, 1.165) is 19.3 Å². The predicted octanol–water partition coefficient (Wildman–Crippen LogP) is 2.49. The van der Waals surface area contributed by atoms with Crippen LogP contribution < -0.4 is 0 Å². The molecule has 0 saturated carbocycles. The molecule has 1 rings (SSSR count). The zero-order valence-electron chi connectivity index (χ0n) is 5.01. The number of rotatable bonds is 0. The fourth-order valence-corrected chi connectivity index (χ4v) is 0.752. The molecule has 1 radical (unpaired) electrons.